The first-order valence-electron chi connectivity index (χ1n) is 1.56. The van der Waals surface area contributed by atoms with Crippen LogP contribution in [-0.4, -0.2) is 20.7 Å². The van der Waals surface area contributed by atoms with Crippen molar-refractivity contribution in [1.29, 1.82) is 0 Å². The molecule has 0 fully saturated rings. The van der Waals surface area contributed by atoms with Gasteiger partial charge in [0.2, 0.25) is 0 Å². The topological polar surface area (TPSA) is 0 Å². The van der Waals surface area contributed by atoms with Crippen LogP contribution in [0.1, 0.15) is 0 Å². The van der Waals surface area contributed by atoms with E-state index in [4.69, 9.17) is 0 Å². The molecule has 0 aromatic rings. The van der Waals surface area contributed by atoms with Crippen molar-refractivity contribution in [3.05, 3.63) is 12.1 Å². The van der Waals surface area contributed by atoms with Crippen LogP contribution in [-0.2, 0) is 0 Å². The summed E-state index contributed by atoms with van der Waals surface area (Å²) in [5.74, 6) is 3.01. The standard InChI is InChI=1S/C3H3AsB/c1-2-4-5-3-1/h1H,2H2. The van der Waals surface area contributed by atoms with Gasteiger partial charge in [-0.15, -0.1) is 0 Å². The van der Waals surface area contributed by atoms with Crippen LogP contribution in [0.15, 0.2) is 6.08 Å². The van der Waals surface area contributed by atoms with E-state index in [0.29, 0.717) is 15.1 Å². The molecule has 0 aromatic heterocycles. The van der Waals surface area contributed by atoms with Gasteiger partial charge >= 0.3 is 37.9 Å². The van der Waals surface area contributed by atoms with Gasteiger partial charge in [-0.1, -0.05) is 0 Å². The third-order valence-corrected chi connectivity index (χ3v) is 2.00. The van der Waals surface area contributed by atoms with E-state index in [-0.39, 0.29) is 0 Å². The fraction of sp³-hybridized carbons (Fsp3) is 0.333. The fourth-order valence-corrected chi connectivity index (χ4v) is 1.37. The predicted molar refractivity (Wildman–Crippen MR) is 24.1 cm³/mol. The molecule has 0 aliphatic carbocycles. The number of rotatable bonds is 0. The Labute approximate surface area is 38.5 Å². The second-order valence-corrected chi connectivity index (χ2v) is 2.94. The van der Waals surface area contributed by atoms with Gasteiger partial charge in [0.1, 0.15) is 0 Å². The molecule has 0 amide bonds. The average Bonchev–Trinajstić information content (AvgIpc) is 1.76. The molecule has 0 spiro atoms. The number of allylic oxidation sites excluding steroid dienone is 1. The van der Waals surface area contributed by atoms with Crippen LogP contribution in [0.25, 0.3) is 0 Å². The van der Waals surface area contributed by atoms with Crippen molar-refractivity contribution >= 4 is 20.7 Å². The van der Waals surface area contributed by atoms with Crippen LogP contribution < -0.4 is 0 Å². The second kappa shape index (κ2) is 1.72. The van der Waals surface area contributed by atoms with Crippen molar-refractivity contribution in [2.75, 3.05) is 0 Å². The van der Waals surface area contributed by atoms with Gasteiger partial charge in [0, 0.05) is 0 Å². The SMILES string of the molecule is B1=[As]CC=[C]1. The molecule has 5 heavy (non-hydrogen) atoms. The zero-order chi connectivity index (χ0) is 3.54. The molecular weight excluding hydrogens is 122 g/mol. The molecule has 1 radical (unpaired) electrons. The van der Waals surface area contributed by atoms with Crippen molar-refractivity contribution in [3.8, 4) is 0 Å². The molecule has 0 unspecified atom stereocenters. The van der Waals surface area contributed by atoms with Crippen molar-refractivity contribution in [3.63, 3.8) is 0 Å². The predicted octanol–water partition coefficient (Wildman–Crippen LogP) is 0.0586. The maximum absolute atomic E-state index is 3.01. The molecule has 1 aliphatic heterocycles. The number of hydrogen-bond donors (Lipinski definition) is 0. The van der Waals surface area contributed by atoms with Gasteiger partial charge < -0.3 is 0 Å². The molecule has 0 nitrogen and oxygen atoms in total. The summed E-state index contributed by atoms with van der Waals surface area (Å²) in [5.41, 5.74) is 2.15. The van der Waals surface area contributed by atoms with E-state index in [9.17, 15) is 0 Å². The summed E-state index contributed by atoms with van der Waals surface area (Å²) >= 11 is 0.562. The Morgan fingerprint density at radius 2 is 3.00 bits per heavy atom. The summed E-state index contributed by atoms with van der Waals surface area (Å²) in [5, 5.41) is 1.30. The minimum absolute atomic E-state index is 0.562. The van der Waals surface area contributed by atoms with E-state index in [1.165, 1.54) is 5.21 Å². The average molecular weight is 125 g/mol. The normalized spacial score (nSPS) is 19.2. The van der Waals surface area contributed by atoms with Crippen LogP contribution in [0.5, 0.6) is 0 Å². The third kappa shape index (κ3) is 0.847. The Hall–Kier alpha value is 0.363. The van der Waals surface area contributed by atoms with Gasteiger partial charge in [-0.25, -0.2) is 0 Å². The van der Waals surface area contributed by atoms with Crippen LogP contribution >= 0.6 is 0 Å². The molecule has 0 aromatic carbocycles. The third-order valence-electron chi connectivity index (χ3n) is 0.480. The zero-order valence-corrected chi connectivity index (χ0v) is 4.69. The molecule has 0 saturated heterocycles. The first-order chi connectivity index (χ1) is 2.50. The fourth-order valence-electron chi connectivity index (χ4n) is 0.264. The summed E-state index contributed by atoms with van der Waals surface area (Å²) in [4.78, 5) is 0. The van der Waals surface area contributed by atoms with Crippen molar-refractivity contribution in [1.82, 2.24) is 0 Å². The van der Waals surface area contributed by atoms with E-state index in [2.05, 4.69) is 17.6 Å². The van der Waals surface area contributed by atoms with Gasteiger partial charge in [0.15, 0.2) is 0 Å². The molecule has 1 aliphatic rings. The van der Waals surface area contributed by atoms with Gasteiger partial charge in [-0.2, -0.15) is 0 Å². The second-order valence-electron chi connectivity index (χ2n) is 0.865. The molecule has 0 atom stereocenters. The summed E-state index contributed by atoms with van der Waals surface area (Å²) in [6.07, 6.45) is 2.10. The maximum atomic E-state index is 3.01. The Morgan fingerprint density at radius 3 is 3.20 bits per heavy atom. The Balaban J connectivity index is 2.61. The van der Waals surface area contributed by atoms with Crippen LogP contribution in [0.2, 0.25) is 5.21 Å². The Bertz CT molecular complexity index is 65.0. The van der Waals surface area contributed by atoms with Gasteiger partial charge in [-0.05, 0) is 0 Å². The van der Waals surface area contributed by atoms with E-state index in [1.54, 1.807) is 0 Å². The molecule has 23 valence electrons. The van der Waals surface area contributed by atoms with Crippen molar-refractivity contribution < 1.29 is 0 Å². The van der Waals surface area contributed by atoms with Crippen LogP contribution in [0.3, 0.4) is 0 Å². The minimum atomic E-state index is 0.562. The van der Waals surface area contributed by atoms with Crippen molar-refractivity contribution in [2.45, 2.75) is 5.21 Å². The van der Waals surface area contributed by atoms with Gasteiger partial charge in [0.05, 0.1) is 0 Å². The quantitative estimate of drug-likeness (QED) is 0.401. The molecule has 0 N–H and O–H groups in total. The molecule has 2 heteroatoms. The zero-order valence-electron chi connectivity index (χ0n) is 2.81. The molecule has 1 heterocycles. The van der Waals surface area contributed by atoms with E-state index >= 15 is 0 Å². The van der Waals surface area contributed by atoms with E-state index in [0.717, 1.165) is 0 Å². The summed E-state index contributed by atoms with van der Waals surface area (Å²) in [7, 11) is 0. The molecule has 1 rings (SSSR count). The van der Waals surface area contributed by atoms with E-state index < -0.39 is 0 Å². The summed E-state index contributed by atoms with van der Waals surface area (Å²) < 4.78 is 0. The first-order valence-corrected chi connectivity index (χ1v) is 3.97. The first kappa shape index (κ1) is 3.55. The monoisotopic (exact) mass is 125 g/mol. The van der Waals surface area contributed by atoms with Crippen LogP contribution in [0, 0.1) is 5.98 Å². The van der Waals surface area contributed by atoms with Crippen LogP contribution in [0.4, 0.5) is 0 Å². The van der Waals surface area contributed by atoms with E-state index in [1.807, 2.05) is 0 Å². The summed E-state index contributed by atoms with van der Waals surface area (Å²) in [6, 6.07) is 0. The van der Waals surface area contributed by atoms with Crippen molar-refractivity contribution in [2.24, 2.45) is 0 Å². The number of hydrogen-bond acceptors (Lipinski definition) is 0. The molecule has 0 bridgehead atoms. The molecular formula is C3H3AsB. The Kier molecular flexibility index (Phi) is 1.22. The molecule has 0 saturated carbocycles. The summed E-state index contributed by atoms with van der Waals surface area (Å²) in [6.45, 7) is 0. The van der Waals surface area contributed by atoms with Gasteiger partial charge in [-0.3, -0.25) is 0 Å². The van der Waals surface area contributed by atoms with Gasteiger partial charge in [0.25, 0.3) is 0 Å². The Morgan fingerprint density at radius 1 is 2.00 bits per heavy atom.